The molecule has 1 heterocycles. The smallest absolute Gasteiger partial charge is 0.262 e. The van der Waals surface area contributed by atoms with Gasteiger partial charge in [0.05, 0.1) is 15.5 Å². The highest BCUT2D eigenvalue weighted by Gasteiger charge is 2.25. The molecule has 9 heteroatoms. The standard InChI is InChI=1S/C24H27N3O4S2/c1-15(2)22(26-23(28)21-9-6-12-32-21)24(29)25-18-7-5-8-19(14-18)27-33(30,31)20-11-10-16(3)17(4)13-20/h5-15,22,27H,1-4H3,(H,25,29)(H,26,28). The zero-order chi connectivity index (χ0) is 24.2. The molecular weight excluding hydrogens is 458 g/mol. The second-order valence-corrected chi connectivity index (χ2v) is 10.7. The summed E-state index contributed by atoms with van der Waals surface area (Å²) in [7, 11) is -3.79. The van der Waals surface area contributed by atoms with Crippen molar-refractivity contribution in [3.63, 3.8) is 0 Å². The maximum atomic E-state index is 12.9. The minimum Gasteiger partial charge on any atom is -0.339 e. The molecule has 7 nitrogen and oxygen atoms in total. The van der Waals surface area contributed by atoms with Crippen molar-refractivity contribution in [2.24, 2.45) is 5.92 Å². The number of thiophene rings is 1. The Labute approximate surface area is 198 Å². The van der Waals surface area contributed by atoms with Crippen LogP contribution in [-0.2, 0) is 14.8 Å². The van der Waals surface area contributed by atoms with Crippen LogP contribution in [0.15, 0.2) is 64.9 Å². The first-order chi connectivity index (χ1) is 15.6. The van der Waals surface area contributed by atoms with Crippen LogP contribution in [0.1, 0.15) is 34.6 Å². The van der Waals surface area contributed by atoms with Gasteiger partial charge < -0.3 is 10.6 Å². The van der Waals surface area contributed by atoms with Crippen molar-refractivity contribution in [3.05, 3.63) is 76.0 Å². The van der Waals surface area contributed by atoms with Crippen molar-refractivity contribution < 1.29 is 18.0 Å². The summed E-state index contributed by atoms with van der Waals surface area (Å²) in [6.45, 7) is 7.45. The van der Waals surface area contributed by atoms with Crippen LogP contribution in [0.4, 0.5) is 11.4 Å². The van der Waals surface area contributed by atoms with Gasteiger partial charge >= 0.3 is 0 Å². The Bertz CT molecular complexity index is 1250. The number of aryl methyl sites for hydroxylation is 2. The molecule has 0 radical (unpaired) electrons. The molecule has 3 N–H and O–H groups in total. The van der Waals surface area contributed by atoms with E-state index in [1.165, 1.54) is 17.4 Å². The van der Waals surface area contributed by atoms with Crippen LogP contribution in [0.25, 0.3) is 0 Å². The van der Waals surface area contributed by atoms with Gasteiger partial charge in [-0.05, 0) is 72.7 Å². The zero-order valence-electron chi connectivity index (χ0n) is 18.9. The van der Waals surface area contributed by atoms with Crippen molar-refractivity contribution in [3.8, 4) is 0 Å². The van der Waals surface area contributed by atoms with Crippen molar-refractivity contribution in [2.45, 2.75) is 38.6 Å². The topological polar surface area (TPSA) is 104 Å². The summed E-state index contributed by atoms with van der Waals surface area (Å²) in [5, 5.41) is 7.34. The van der Waals surface area contributed by atoms with Crippen LogP contribution in [0.3, 0.4) is 0 Å². The Morgan fingerprint density at radius 3 is 2.27 bits per heavy atom. The molecule has 3 aromatic rings. The molecule has 0 spiro atoms. The fraction of sp³-hybridized carbons (Fsp3) is 0.250. The van der Waals surface area contributed by atoms with Crippen molar-refractivity contribution in [1.82, 2.24) is 5.32 Å². The van der Waals surface area contributed by atoms with Gasteiger partial charge in [-0.3, -0.25) is 14.3 Å². The number of carbonyl (C=O) groups is 2. The number of benzene rings is 2. The van der Waals surface area contributed by atoms with Gasteiger partial charge in [0.25, 0.3) is 15.9 Å². The van der Waals surface area contributed by atoms with Crippen LogP contribution >= 0.6 is 11.3 Å². The van der Waals surface area contributed by atoms with Gasteiger partial charge in [-0.15, -0.1) is 11.3 Å². The second kappa shape index (κ2) is 10.2. The van der Waals surface area contributed by atoms with Crippen molar-refractivity contribution in [1.29, 1.82) is 0 Å². The Balaban J connectivity index is 1.73. The Hall–Kier alpha value is -3.17. The predicted octanol–water partition coefficient (Wildman–Crippen LogP) is 4.56. The SMILES string of the molecule is Cc1ccc(S(=O)(=O)Nc2cccc(NC(=O)C(NC(=O)c3cccs3)C(C)C)c2)cc1C. The van der Waals surface area contributed by atoms with Gasteiger partial charge in [0.15, 0.2) is 0 Å². The van der Waals surface area contributed by atoms with E-state index >= 15 is 0 Å². The van der Waals surface area contributed by atoms with E-state index in [0.29, 0.717) is 16.3 Å². The fourth-order valence-corrected chi connectivity index (χ4v) is 4.89. The molecule has 2 aromatic carbocycles. The molecule has 0 aliphatic carbocycles. The number of sulfonamides is 1. The summed E-state index contributed by atoms with van der Waals surface area (Å²) < 4.78 is 28.1. The lowest BCUT2D eigenvalue weighted by molar-refractivity contribution is -0.118. The van der Waals surface area contributed by atoms with E-state index in [2.05, 4.69) is 15.4 Å². The molecule has 1 unspecified atom stereocenters. The summed E-state index contributed by atoms with van der Waals surface area (Å²) in [5.74, 6) is -0.849. The first kappa shape index (κ1) is 24.5. The number of amides is 2. The normalized spacial score (nSPS) is 12.3. The third-order valence-corrected chi connectivity index (χ3v) is 7.40. The molecule has 0 saturated heterocycles. The number of nitrogens with one attached hydrogen (secondary N) is 3. The summed E-state index contributed by atoms with van der Waals surface area (Å²) in [4.78, 5) is 26.0. The molecule has 33 heavy (non-hydrogen) atoms. The van der Waals surface area contributed by atoms with Crippen LogP contribution in [0, 0.1) is 19.8 Å². The number of rotatable bonds is 8. The van der Waals surface area contributed by atoms with E-state index in [0.717, 1.165) is 11.1 Å². The molecule has 174 valence electrons. The number of hydrogen-bond acceptors (Lipinski definition) is 5. The van der Waals surface area contributed by atoms with Gasteiger partial charge in [-0.25, -0.2) is 8.42 Å². The van der Waals surface area contributed by atoms with Gasteiger partial charge in [0.1, 0.15) is 6.04 Å². The molecule has 0 saturated carbocycles. The molecular formula is C24H27N3O4S2. The predicted molar refractivity (Wildman–Crippen MR) is 132 cm³/mol. The van der Waals surface area contributed by atoms with E-state index < -0.39 is 16.1 Å². The third kappa shape index (κ3) is 6.21. The number of hydrogen-bond donors (Lipinski definition) is 3. The first-order valence-electron chi connectivity index (χ1n) is 10.4. The molecule has 3 rings (SSSR count). The summed E-state index contributed by atoms with van der Waals surface area (Å²) in [5.41, 5.74) is 2.61. The molecule has 0 aliphatic heterocycles. The Morgan fingerprint density at radius 2 is 1.64 bits per heavy atom. The molecule has 0 fully saturated rings. The second-order valence-electron chi connectivity index (χ2n) is 8.09. The average Bonchev–Trinajstić information content (AvgIpc) is 3.28. The molecule has 1 aromatic heterocycles. The lowest BCUT2D eigenvalue weighted by Crippen LogP contribution is -2.46. The quantitative estimate of drug-likeness (QED) is 0.435. The van der Waals surface area contributed by atoms with Crippen LogP contribution in [0.5, 0.6) is 0 Å². The maximum absolute atomic E-state index is 12.9. The highest BCUT2D eigenvalue weighted by Crippen LogP contribution is 2.22. The maximum Gasteiger partial charge on any atom is 0.262 e. The van der Waals surface area contributed by atoms with E-state index in [1.807, 2.05) is 27.7 Å². The van der Waals surface area contributed by atoms with Crippen LogP contribution < -0.4 is 15.4 Å². The highest BCUT2D eigenvalue weighted by molar-refractivity contribution is 7.92. The summed E-state index contributed by atoms with van der Waals surface area (Å²) >= 11 is 1.30. The third-order valence-electron chi connectivity index (χ3n) is 5.15. The highest BCUT2D eigenvalue weighted by atomic mass is 32.2. The summed E-state index contributed by atoms with van der Waals surface area (Å²) in [6.07, 6.45) is 0. The number of carbonyl (C=O) groups excluding carboxylic acids is 2. The first-order valence-corrected chi connectivity index (χ1v) is 12.8. The van der Waals surface area contributed by atoms with Gasteiger partial charge in [0.2, 0.25) is 5.91 Å². The van der Waals surface area contributed by atoms with E-state index in [4.69, 9.17) is 0 Å². The average molecular weight is 486 g/mol. The zero-order valence-corrected chi connectivity index (χ0v) is 20.5. The summed E-state index contributed by atoms with van der Waals surface area (Å²) in [6, 6.07) is 14.1. The minimum atomic E-state index is -3.79. The lowest BCUT2D eigenvalue weighted by atomic mass is 10.0. The molecule has 2 amide bonds. The van der Waals surface area contributed by atoms with Gasteiger partial charge in [-0.2, -0.15) is 0 Å². The Kier molecular flexibility index (Phi) is 7.55. The molecule has 0 aliphatic rings. The lowest BCUT2D eigenvalue weighted by Gasteiger charge is -2.21. The van der Waals surface area contributed by atoms with E-state index in [9.17, 15) is 18.0 Å². The van der Waals surface area contributed by atoms with Crippen molar-refractivity contribution >= 4 is 44.5 Å². The van der Waals surface area contributed by atoms with Crippen LogP contribution in [-0.4, -0.2) is 26.3 Å². The molecule has 1 atom stereocenters. The van der Waals surface area contributed by atoms with Crippen molar-refractivity contribution in [2.75, 3.05) is 10.0 Å². The van der Waals surface area contributed by atoms with Gasteiger partial charge in [0, 0.05) is 5.69 Å². The van der Waals surface area contributed by atoms with E-state index in [-0.39, 0.29) is 22.6 Å². The fourth-order valence-electron chi connectivity index (χ4n) is 3.13. The van der Waals surface area contributed by atoms with Crippen LogP contribution in [0.2, 0.25) is 0 Å². The molecule has 0 bridgehead atoms. The largest absolute Gasteiger partial charge is 0.339 e. The van der Waals surface area contributed by atoms with Gasteiger partial charge in [-0.1, -0.05) is 32.0 Å². The monoisotopic (exact) mass is 485 g/mol. The number of anilines is 2. The van der Waals surface area contributed by atoms with E-state index in [1.54, 1.807) is 53.9 Å². The minimum absolute atomic E-state index is 0.152. The Morgan fingerprint density at radius 1 is 0.909 bits per heavy atom.